The van der Waals surface area contributed by atoms with Crippen molar-refractivity contribution in [2.75, 3.05) is 18.1 Å². The molecule has 0 aromatic carbocycles. The maximum atomic E-state index is 11.7. The van der Waals surface area contributed by atoms with Crippen LogP contribution >= 0.6 is 0 Å². The Kier molecular flexibility index (Phi) is 3.21. The number of hydrogen-bond donors (Lipinski definition) is 1. The van der Waals surface area contributed by atoms with E-state index in [1.54, 1.807) is 0 Å². The Labute approximate surface area is 117 Å². The Morgan fingerprint density at radius 2 is 2.20 bits per heavy atom. The van der Waals surface area contributed by atoms with Gasteiger partial charge in [-0.25, -0.2) is 13.4 Å². The topological polar surface area (TPSA) is 89.2 Å². The Bertz CT molecular complexity index is 753. The summed E-state index contributed by atoms with van der Waals surface area (Å²) in [4.78, 5) is 4.33. The van der Waals surface area contributed by atoms with Gasteiger partial charge in [0, 0.05) is 30.4 Å². The van der Waals surface area contributed by atoms with Crippen LogP contribution in [0.1, 0.15) is 17.2 Å². The van der Waals surface area contributed by atoms with Crippen LogP contribution in [0.5, 0.6) is 0 Å². The SMILES string of the molecule is Cc1cc(C)n2c(CC3CS(=O)(=O)CCN3)nnc2n1. The van der Waals surface area contributed by atoms with E-state index in [1.807, 2.05) is 24.3 Å². The number of rotatable bonds is 2. The molecule has 0 radical (unpaired) electrons. The summed E-state index contributed by atoms with van der Waals surface area (Å²) >= 11 is 0. The quantitative estimate of drug-likeness (QED) is 0.816. The first kappa shape index (κ1) is 13.4. The third kappa shape index (κ3) is 2.53. The number of nitrogens with one attached hydrogen (secondary N) is 1. The molecule has 1 fully saturated rings. The molecule has 0 spiro atoms. The zero-order valence-corrected chi connectivity index (χ0v) is 12.3. The van der Waals surface area contributed by atoms with Gasteiger partial charge in [0.15, 0.2) is 9.84 Å². The molecule has 20 heavy (non-hydrogen) atoms. The van der Waals surface area contributed by atoms with Gasteiger partial charge >= 0.3 is 0 Å². The van der Waals surface area contributed by atoms with Crippen LogP contribution in [0, 0.1) is 13.8 Å². The average molecular weight is 295 g/mol. The molecule has 3 heterocycles. The molecule has 0 aliphatic carbocycles. The fraction of sp³-hybridized carbons (Fsp3) is 0.583. The van der Waals surface area contributed by atoms with Gasteiger partial charge in [-0.2, -0.15) is 0 Å². The number of fused-ring (bicyclic) bond motifs is 1. The number of aryl methyl sites for hydroxylation is 2. The van der Waals surface area contributed by atoms with E-state index >= 15 is 0 Å². The van der Waals surface area contributed by atoms with Gasteiger partial charge < -0.3 is 5.32 Å². The summed E-state index contributed by atoms with van der Waals surface area (Å²) in [5.41, 5.74) is 1.90. The number of hydrogen-bond acceptors (Lipinski definition) is 6. The molecule has 2 aromatic heterocycles. The summed E-state index contributed by atoms with van der Waals surface area (Å²) in [6.07, 6.45) is 0.534. The van der Waals surface area contributed by atoms with Gasteiger partial charge in [-0.15, -0.1) is 10.2 Å². The van der Waals surface area contributed by atoms with Crippen molar-refractivity contribution in [1.82, 2.24) is 24.9 Å². The first-order valence-electron chi connectivity index (χ1n) is 6.57. The van der Waals surface area contributed by atoms with E-state index in [9.17, 15) is 8.42 Å². The predicted octanol–water partition coefficient (Wildman–Crippen LogP) is -0.330. The standard InChI is InChI=1S/C12H17N5O2S/c1-8-5-9(2)17-11(15-16-12(17)14-8)6-10-7-20(18,19)4-3-13-10/h5,10,13H,3-4,6-7H2,1-2H3. The van der Waals surface area contributed by atoms with E-state index in [-0.39, 0.29) is 17.5 Å². The van der Waals surface area contributed by atoms with E-state index in [0.717, 1.165) is 17.2 Å². The van der Waals surface area contributed by atoms with Gasteiger partial charge in [-0.05, 0) is 19.9 Å². The summed E-state index contributed by atoms with van der Waals surface area (Å²) in [6, 6.07) is 1.85. The van der Waals surface area contributed by atoms with Crippen LogP contribution in [0.3, 0.4) is 0 Å². The molecule has 7 nitrogen and oxygen atoms in total. The molecule has 1 unspecified atom stereocenters. The fourth-order valence-electron chi connectivity index (χ4n) is 2.65. The predicted molar refractivity (Wildman–Crippen MR) is 74.4 cm³/mol. The molecule has 1 saturated heterocycles. The summed E-state index contributed by atoms with van der Waals surface area (Å²) < 4.78 is 25.2. The largest absolute Gasteiger partial charge is 0.312 e. The molecule has 1 aliphatic heterocycles. The molecular weight excluding hydrogens is 278 g/mol. The molecule has 1 atom stereocenters. The Balaban J connectivity index is 1.92. The van der Waals surface area contributed by atoms with Crippen molar-refractivity contribution >= 4 is 15.6 Å². The van der Waals surface area contributed by atoms with Crippen molar-refractivity contribution in [3.05, 3.63) is 23.3 Å². The molecule has 108 valence electrons. The molecule has 3 rings (SSSR count). The lowest BCUT2D eigenvalue weighted by Crippen LogP contribution is -2.46. The molecule has 8 heteroatoms. The Morgan fingerprint density at radius 3 is 2.95 bits per heavy atom. The lowest BCUT2D eigenvalue weighted by molar-refractivity contribution is 0.507. The van der Waals surface area contributed by atoms with Crippen LogP contribution in [0.15, 0.2) is 6.07 Å². The highest BCUT2D eigenvalue weighted by Crippen LogP contribution is 2.12. The zero-order valence-electron chi connectivity index (χ0n) is 11.5. The first-order chi connectivity index (χ1) is 9.44. The van der Waals surface area contributed by atoms with Crippen LogP contribution in [0.2, 0.25) is 0 Å². The number of sulfone groups is 1. The van der Waals surface area contributed by atoms with E-state index in [0.29, 0.717) is 18.7 Å². The van der Waals surface area contributed by atoms with Crippen LogP contribution < -0.4 is 5.32 Å². The minimum Gasteiger partial charge on any atom is -0.312 e. The maximum Gasteiger partial charge on any atom is 0.255 e. The second kappa shape index (κ2) is 4.78. The Morgan fingerprint density at radius 1 is 1.40 bits per heavy atom. The maximum absolute atomic E-state index is 11.7. The highest BCUT2D eigenvalue weighted by atomic mass is 32.2. The third-order valence-corrected chi connectivity index (χ3v) is 5.23. The normalized spacial score (nSPS) is 22.2. The highest BCUT2D eigenvalue weighted by Gasteiger charge is 2.26. The molecule has 1 aliphatic rings. The minimum atomic E-state index is -2.94. The second-order valence-corrected chi connectivity index (χ2v) is 7.49. The van der Waals surface area contributed by atoms with Crippen molar-refractivity contribution in [2.24, 2.45) is 0 Å². The van der Waals surface area contributed by atoms with Gasteiger partial charge in [0.25, 0.3) is 5.78 Å². The summed E-state index contributed by atoms with van der Waals surface area (Å²) in [5, 5.41) is 11.4. The molecule has 0 amide bonds. The van der Waals surface area contributed by atoms with Crippen LogP contribution in [0.4, 0.5) is 0 Å². The van der Waals surface area contributed by atoms with E-state index in [2.05, 4.69) is 20.5 Å². The lowest BCUT2D eigenvalue weighted by Gasteiger charge is -2.22. The summed E-state index contributed by atoms with van der Waals surface area (Å²) in [5.74, 6) is 1.68. The molecule has 0 saturated carbocycles. The zero-order chi connectivity index (χ0) is 14.3. The second-order valence-electron chi connectivity index (χ2n) is 5.26. The van der Waals surface area contributed by atoms with Crippen LogP contribution in [0.25, 0.3) is 5.78 Å². The van der Waals surface area contributed by atoms with E-state index in [4.69, 9.17) is 0 Å². The van der Waals surface area contributed by atoms with Crippen molar-refractivity contribution in [3.8, 4) is 0 Å². The summed E-state index contributed by atoms with van der Waals surface area (Å²) in [6.45, 7) is 4.39. The first-order valence-corrected chi connectivity index (χ1v) is 8.39. The van der Waals surface area contributed by atoms with Crippen molar-refractivity contribution in [3.63, 3.8) is 0 Å². The Hall–Kier alpha value is -1.54. The number of nitrogens with zero attached hydrogens (tertiary/aromatic N) is 4. The minimum absolute atomic E-state index is 0.109. The van der Waals surface area contributed by atoms with Crippen molar-refractivity contribution < 1.29 is 8.42 Å². The van der Waals surface area contributed by atoms with Crippen LogP contribution in [-0.2, 0) is 16.3 Å². The number of aromatic nitrogens is 4. The van der Waals surface area contributed by atoms with Crippen LogP contribution in [-0.4, -0.2) is 52.1 Å². The smallest absolute Gasteiger partial charge is 0.255 e. The average Bonchev–Trinajstić information content (AvgIpc) is 2.70. The monoisotopic (exact) mass is 295 g/mol. The molecule has 2 aromatic rings. The molecule has 1 N–H and O–H groups in total. The van der Waals surface area contributed by atoms with Gasteiger partial charge in [0.2, 0.25) is 0 Å². The highest BCUT2D eigenvalue weighted by molar-refractivity contribution is 7.91. The van der Waals surface area contributed by atoms with Crippen molar-refractivity contribution in [1.29, 1.82) is 0 Å². The molecular formula is C12H17N5O2S. The molecule has 0 bridgehead atoms. The third-order valence-electron chi connectivity index (χ3n) is 3.49. The van der Waals surface area contributed by atoms with Gasteiger partial charge in [0.1, 0.15) is 5.82 Å². The van der Waals surface area contributed by atoms with Crippen molar-refractivity contribution in [2.45, 2.75) is 26.3 Å². The van der Waals surface area contributed by atoms with Gasteiger partial charge in [0.05, 0.1) is 11.5 Å². The van der Waals surface area contributed by atoms with Gasteiger partial charge in [-0.1, -0.05) is 0 Å². The van der Waals surface area contributed by atoms with E-state index in [1.165, 1.54) is 0 Å². The summed E-state index contributed by atoms with van der Waals surface area (Å²) in [7, 11) is -2.94. The van der Waals surface area contributed by atoms with E-state index < -0.39 is 9.84 Å². The fourth-order valence-corrected chi connectivity index (χ4v) is 4.09. The lowest BCUT2D eigenvalue weighted by atomic mass is 10.2. The van der Waals surface area contributed by atoms with Gasteiger partial charge in [-0.3, -0.25) is 4.40 Å².